The van der Waals surface area contributed by atoms with Gasteiger partial charge in [0, 0.05) is 12.6 Å². The molecule has 1 saturated heterocycles. The maximum absolute atomic E-state index is 12.6. The van der Waals surface area contributed by atoms with Crippen LogP contribution in [0.4, 0.5) is 5.69 Å². The number of anilines is 1. The van der Waals surface area contributed by atoms with E-state index in [0.29, 0.717) is 30.5 Å². The molecular formula is C21H28ClN3O2. The van der Waals surface area contributed by atoms with Crippen LogP contribution in [0.25, 0.3) is 0 Å². The zero-order valence-electron chi connectivity index (χ0n) is 15.7. The third kappa shape index (κ3) is 5.94. The molecule has 1 fully saturated rings. The van der Waals surface area contributed by atoms with Gasteiger partial charge < -0.3 is 15.2 Å². The molecule has 0 aliphatic carbocycles. The molecule has 0 saturated carbocycles. The summed E-state index contributed by atoms with van der Waals surface area (Å²) in [5.41, 5.74) is 1.24. The van der Waals surface area contributed by atoms with Crippen molar-refractivity contribution in [2.75, 3.05) is 18.4 Å². The number of hydrogen-bond donors (Lipinski definition) is 2. The molecule has 1 atom stereocenters. The Hall–Kier alpha value is -2.11. The summed E-state index contributed by atoms with van der Waals surface area (Å²) in [5, 5.41) is 6.17. The van der Waals surface area contributed by atoms with Crippen LogP contribution in [0.5, 0.6) is 0 Å². The van der Waals surface area contributed by atoms with Crippen LogP contribution in [-0.2, 0) is 11.3 Å². The van der Waals surface area contributed by atoms with Gasteiger partial charge in [0.15, 0.2) is 0 Å². The highest BCUT2D eigenvalue weighted by Gasteiger charge is 2.22. The van der Waals surface area contributed by atoms with Gasteiger partial charge in [-0.15, -0.1) is 12.4 Å². The first kappa shape index (κ1) is 21.2. The standard InChI is InChI=1S/C21H27N3O2.ClH/c1-16(18-9-11-22-12-10-18)14-20(25)23-19-8-5-13-24(21(19)26)15-17-6-3-2-4-7-17;/h2-8,13,16,18,22H,9-12,14-15H2,1H3,(H,23,25);1H. The lowest BCUT2D eigenvalue weighted by atomic mass is 9.84. The van der Waals surface area contributed by atoms with Crippen molar-refractivity contribution in [3.8, 4) is 0 Å². The average molecular weight is 390 g/mol. The lowest BCUT2D eigenvalue weighted by Gasteiger charge is -2.27. The zero-order chi connectivity index (χ0) is 18.4. The molecular weight excluding hydrogens is 362 g/mol. The molecule has 0 spiro atoms. The molecule has 146 valence electrons. The highest BCUT2D eigenvalue weighted by atomic mass is 35.5. The predicted molar refractivity (Wildman–Crippen MR) is 111 cm³/mol. The van der Waals surface area contributed by atoms with Crippen molar-refractivity contribution in [2.24, 2.45) is 11.8 Å². The van der Waals surface area contributed by atoms with E-state index in [1.165, 1.54) is 0 Å². The van der Waals surface area contributed by atoms with E-state index >= 15 is 0 Å². The Morgan fingerprint density at radius 1 is 1.19 bits per heavy atom. The molecule has 1 aromatic heterocycles. The van der Waals surface area contributed by atoms with Crippen LogP contribution in [0.3, 0.4) is 0 Å². The SMILES string of the molecule is CC(CC(=O)Nc1cccn(Cc2ccccc2)c1=O)C1CCNCC1.Cl. The van der Waals surface area contributed by atoms with Crippen molar-refractivity contribution in [1.82, 2.24) is 9.88 Å². The molecule has 1 aliphatic heterocycles. The van der Waals surface area contributed by atoms with E-state index in [-0.39, 0.29) is 23.9 Å². The maximum Gasteiger partial charge on any atom is 0.274 e. The van der Waals surface area contributed by atoms with Crippen molar-refractivity contribution in [3.05, 3.63) is 64.6 Å². The van der Waals surface area contributed by atoms with Crippen LogP contribution >= 0.6 is 12.4 Å². The summed E-state index contributed by atoms with van der Waals surface area (Å²) in [6.07, 6.45) is 4.44. The van der Waals surface area contributed by atoms with E-state index in [9.17, 15) is 9.59 Å². The van der Waals surface area contributed by atoms with E-state index in [2.05, 4.69) is 17.6 Å². The van der Waals surface area contributed by atoms with Crippen molar-refractivity contribution in [2.45, 2.75) is 32.7 Å². The van der Waals surface area contributed by atoms with Crippen molar-refractivity contribution < 1.29 is 4.79 Å². The normalized spacial score (nSPS) is 15.6. The minimum atomic E-state index is -0.167. The van der Waals surface area contributed by atoms with Crippen LogP contribution < -0.4 is 16.2 Å². The highest BCUT2D eigenvalue weighted by Crippen LogP contribution is 2.24. The topological polar surface area (TPSA) is 63.1 Å². The third-order valence-corrected chi connectivity index (χ3v) is 5.19. The van der Waals surface area contributed by atoms with Gasteiger partial charge in [0.25, 0.3) is 5.56 Å². The van der Waals surface area contributed by atoms with E-state index in [1.807, 2.05) is 30.3 Å². The van der Waals surface area contributed by atoms with E-state index in [4.69, 9.17) is 0 Å². The van der Waals surface area contributed by atoms with E-state index in [0.717, 1.165) is 31.5 Å². The van der Waals surface area contributed by atoms with E-state index in [1.54, 1.807) is 22.9 Å². The molecule has 1 amide bonds. The summed E-state index contributed by atoms with van der Waals surface area (Å²) in [6.45, 7) is 4.68. The summed E-state index contributed by atoms with van der Waals surface area (Å²) >= 11 is 0. The quantitative estimate of drug-likeness (QED) is 0.796. The fourth-order valence-electron chi connectivity index (χ4n) is 3.61. The molecule has 2 aromatic rings. The number of aromatic nitrogens is 1. The first-order valence-corrected chi connectivity index (χ1v) is 9.37. The Labute approximate surface area is 166 Å². The number of pyridine rings is 1. The van der Waals surface area contributed by atoms with Gasteiger partial charge in [-0.2, -0.15) is 0 Å². The van der Waals surface area contributed by atoms with Gasteiger partial charge >= 0.3 is 0 Å². The zero-order valence-corrected chi connectivity index (χ0v) is 16.5. The number of amides is 1. The number of hydrogen-bond acceptors (Lipinski definition) is 3. The Kier molecular flexibility index (Phi) is 8.07. The largest absolute Gasteiger partial charge is 0.321 e. The molecule has 1 unspecified atom stereocenters. The number of nitrogens with one attached hydrogen (secondary N) is 2. The molecule has 5 nitrogen and oxygen atoms in total. The smallest absolute Gasteiger partial charge is 0.274 e. The molecule has 2 heterocycles. The molecule has 27 heavy (non-hydrogen) atoms. The van der Waals surface area contributed by atoms with Crippen molar-refractivity contribution >= 4 is 24.0 Å². The summed E-state index contributed by atoms with van der Waals surface area (Å²) < 4.78 is 1.63. The number of nitrogens with zero attached hydrogens (tertiary/aromatic N) is 1. The maximum atomic E-state index is 12.6. The van der Waals surface area contributed by atoms with Gasteiger partial charge in [-0.05, 0) is 55.5 Å². The van der Waals surface area contributed by atoms with Crippen LogP contribution in [0.1, 0.15) is 31.7 Å². The molecule has 2 N–H and O–H groups in total. The molecule has 1 aliphatic rings. The van der Waals surface area contributed by atoms with Gasteiger partial charge in [-0.3, -0.25) is 9.59 Å². The minimum Gasteiger partial charge on any atom is -0.321 e. The Balaban J connectivity index is 0.00000261. The Morgan fingerprint density at radius 2 is 1.89 bits per heavy atom. The summed E-state index contributed by atoms with van der Waals surface area (Å²) in [4.78, 5) is 25.0. The van der Waals surface area contributed by atoms with Gasteiger partial charge in [-0.1, -0.05) is 37.3 Å². The Morgan fingerprint density at radius 3 is 2.59 bits per heavy atom. The van der Waals surface area contributed by atoms with Crippen LogP contribution in [0.2, 0.25) is 0 Å². The lowest BCUT2D eigenvalue weighted by Crippen LogP contribution is -2.32. The van der Waals surface area contributed by atoms with Gasteiger partial charge in [0.2, 0.25) is 5.91 Å². The summed E-state index contributed by atoms with van der Waals surface area (Å²) in [6, 6.07) is 13.3. The van der Waals surface area contributed by atoms with Crippen molar-refractivity contribution in [1.29, 1.82) is 0 Å². The minimum absolute atomic E-state index is 0. The van der Waals surface area contributed by atoms with Crippen LogP contribution in [0, 0.1) is 11.8 Å². The fourth-order valence-corrected chi connectivity index (χ4v) is 3.61. The molecule has 1 aromatic carbocycles. The average Bonchev–Trinajstić information content (AvgIpc) is 2.66. The van der Waals surface area contributed by atoms with Gasteiger partial charge in [-0.25, -0.2) is 0 Å². The molecule has 0 radical (unpaired) electrons. The van der Waals surface area contributed by atoms with Crippen molar-refractivity contribution in [3.63, 3.8) is 0 Å². The first-order chi connectivity index (χ1) is 12.6. The molecule has 0 bridgehead atoms. The summed E-state index contributed by atoms with van der Waals surface area (Å²) in [7, 11) is 0. The third-order valence-electron chi connectivity index (χ3n) is 5.19. The second-order valence-corrected chi connectivity index (χ2v) is 7.16. The number of carbonyl (C=O) groups is 1. The molecule has 3 rings (SSSR count). The fraction of sp³-hybridized carbons (Fsp3) is 0.429. The highest BCUT2D eigenvalue weighted by molar-refractivity contribution is 5.90. The second-order valence-electron chi connectivity index (χ2n) is 7.16. The monoisotopic (exact) mass is 389 g/mol. The molecule has 6 heteroatoms. The Bertz CT molecular complexity index is 786. The van der Waals surface area contributed by atoms with Gasteiger partial charge in [0.05, 0.1) is 6.54 Å². The first-order valence-electron chi connectivity index (χ1n) is 9.37. The lowest BCUT2D eigenvalue weighted by molar-refractivity contribution is -0.117. The number of benzene rings is 1. The number of halogens is 1. The van der Waals surface area contributed by atoms with Crippen LogP contribution in [0.15, 0.2) is 53.5 Å². The van der Waals surface area contributed by atoms with E-state index < -0.39 is 0 Å². The number of rotatable bonds is 6. The van der Waals surface area contributed by atoms with Crippen LogP contribution in [-0.4, -0.2) is 23.6 Å². The number of carbonyl (C=O) groups excluding carboxylic acids is 1. The number of piperidine rings is 1. The summed E-state index contributed by atoms with van der Waals surface area (Å²) in [5.74, 6) is 0.825. The van der Waals surface area contributed by atoms with Gasteiger partial charge in [0.1, 0.15) is 5.69 Å². The second kappa shape index (κ2) is 10.3. The predicted octanol–water partition coefficient (Wildman–Crippen LogP) is 3.28.